The van der Waals surface area contributed by atoms with Gasteiger partial charge in [0, 0.05) is 4.47 Å². The molecule has 3 aromatic rings. The fraction of sp³-hybridized carbons (Fsp3) is 0.286. The number of rotatable bonds is 6. The van der Waals surface area contributed by atoms with Gasteiger partial charge in [0.1, 0.15) is 5.82 Å². The van der Waals surface area contributed by atoms with Crippen molar-refractivity contribution < 1.29 is 9.47 Å². The van der Waals surface area contributed by atoms with Crippen molar-refractivity contribution in [2.24, 2.45) is 5.10 Å². The molecule has 0 aliphatic heterocycles. The first-order chi connectivity index (χ1) is 13.8. The van der Waals surface area contributed by atoms with Crippen molar-refractivity contribution in [1.29, 1.82) is 0 Å². The summed E-state index contributed by atoms with van der Waals surface area (Å²) in [5.74, 6) is 1.74. The molecule has 1 heterocycles. The predicted molar refractivity (Wildman–Crippen MR) is 123 cm³/mol. The minimum absolute atomic E-state index is 0.0592. The summed E-state index contributed by atoms with van der Waals surface area (Å²) in [5.41, 5.74) is 1.16. The van der Waals surface area contributed by atoms with Crippen LogP contribution in [0.4, 0.5) is 0 Å². The molecule has 1 atom stereocenters. The van der Waals surface area contributed by atoms with Gasteiger partial charge in [0.05, 0.1) is 34.8 Å². The summed E-state index contributed by atoms with van der Waals surface area (Å²) in [6.45, 7) is 5.81. The Bertz CT molecular complexity index is 1140. The average Bonchev–Trinajstić information content (AvgIpc) is 2.70. The molecule has 152 valence electrons. The Morgan fingerprint density at radius 3 is 2.72 bits per heavy atom. The molecule has 0 aliphatic carbocycles. The third kappa shape index (κ3) is 4.70. The highest BCUT2D eigenvalue weighted by Crippen LogP contribution is 2.37. The highest BCUT2D eigenvalue weighted by atomic mass is 79.9. The third-order valence-electron chi connectivity index (χ3n) is 4.44. The van der Waals surface area contributed by atoms with Gasteiger partial charge in [0.25, 0.3) is 5.56 Å². The van der Waals surface area contributed by atoms with E-state index < -0.39 is 0 Å². The minimum atomic E-state index is -0.229. The van der Waals surface area contributed by atoms with Crippen LogP contribution in [0.25, 0.3) is 10.9 Å². The molecule has 0 unspecified atom stereocenters. The Morgan fingerprint density at radius 2 is 2.03 bits per heavy atom. The lowest BCUT2D eigenvalue weighted by atomic mass is 10.2. The molecule has 0 bridgehead atoms. The maximum atomic E-state index is 12.9. The molecule has 1 aromatic heterocycles. The molecule has 6 nitrogen and oxygen atoms in total. The lowest BCUT2D eigenvalue weighted by Gasteiger charge is -2.17. The van der Waals surface area contributed by atoms with E-state index in [4.69, 9.17) is 9.47 Å². The molecule has 0 spiro atoms. The number of halogens is 2. The van der Waals surface area contributed by atoms with Gasteiger partial charge in [-0.25, -0.2) is 4.98 Å². The number of fused-ring (bicyclic) bond motifs is 1. The molecule has 3 rings (SSSR count). The van der Waals surface area contributed by atoms with Crippen molar-refractivity contribution in [1.82, 2.24) is 9.66 Å². The average molecular weight is 523 g/mol. The summed E-state index contributed by atoms with van der Waals surface area (Å²) in [7, 11) is 1.59. The Morgan fingerprint density at radius 1 is 1.28 bits per heavy atom. The Hall–Kier alpha value is -2.19. The van der Waals surface area contributed by atoms with Crippen LogP contribution in [-0.2, 0) is 0 Å². The van der Waals surface area contributed by atoms with Crippen molar-refractivity contribution in [3.05, 3.63) is 61.0 Å². The van der Waals surface area contributed by atoms with Crippen LogP contribution in [0.15, 0.2) is 49.2 Å². The van der Waals surface area contributed by atoms with Gasteiger partial charge in [0.2, 0.25) is 0 Å². The smallest absolute Gasteiger partial charge is 0.282 e. The first-order valence-corrected chi connectivity index (χ1v) is 10.7. The normalized spacial score (nSPS) is 12.5. The zero-order valence-corrected chi connectivity index (χ0v) is 19.7. The molecular formula is C21H21Br2N3O3. The van der Waals surface area contributed by atoms with E-state index in [0.717, 1.165) is 20.9 Å². The number of ether oxygens (including phenoxy) is 2. The van der Waals surface area contributed by atoms with Gasteiger partial charge in [-0.3, -0.25) is 4.79 Å². The van der Waals surface area contributed by atoms with E-state index in [1.54, 1.807) is 32.4 Å². The van der Waals surface area contributed by atoms with Crippen LogP contribution < -0.4 is 15.0 Å². The molecule has 0 saturated heterocycles. The summed E-state index contributed by atoms with van der Waals surface area (Å²) >= 11 is 6.93. The highest BCUT2D eigenvalue weighted by Gasteiger charge is 2.14. The standard InChI is InChI=1S/C21H21Br2N3O3/c1-5-12(2)29-20-17(23)8-14(9-19(20)28-4)11-24-26-13(3)25-18-7-6-15(22)10-16(18)21(26)27/h6-12H,5H2,1-4H3/t12-/m1/s1. The lowest BCUT2D eigenvalue weighted by Crippen LogP contribution is -2.20. The number of aromatic nitrogens is 2. The van der Waals surface area contributed by atoms with Gasteiger partial charge in [-0.15, -0.1) is 0 Å². The van der Waals surface area contributed by atoms with Gasteiger partial charge >= 0.3 is 0 Å². The van der Waals surface area contributed by atoms with E-state index in [1.165, 1.54) is 4.68 Å². The van der Waals surface area contributed by atoms with Crippen molar-refractivity contribution in [3.8, 4) is 11.5 Å². The predicted octanol–water partition coefficient (Wildman–Crippen LogP) is 5.30. The van der Waals surface area contributed by atoms with Crippen LogP contribution in [0.5, 0.6) is 11.5 Å². The molecule has 29 heavy (non-hydrogen) atoms. The first kappa shape index (κ1) is 21.5. The summed E-state index contributed by atoms with van der Waals surface area (Å²) in [5, 5.41) is 4.86. The zero-order chi connectivity index (χ0) is 21.1. The molecule has 0 saturated carbocycles. The van der Waals surface area contributed by atoms with Gasteiger partial charge in [-0.2, -0.15) is 9.78 Å². The minimum Gasteiger partial charge on any atom is -0.493 e. The number of hydrogen-bond donors (Lipinski definition) is 0. The van der Waals surface area contributed by atoms with E-state index >= 15 is 0 Å². The van der Waals surface area contributed by atoms with E-state index in [1.807, 2.05) is 25.1 Å². The number of aryl methyl sites for hydroxylation is 1. The van der Waals surface area contributed by atoms with Crippen LogP contribution in [0.3, 0.4) is 0 Å². The molecule has 0 radical (unpaired) electrons. The third-order valence-corrected chi connectivity index (χ3v) is 5.52. The number of nitrogens with zero attached hydrogens (tertiary/aromatic N) is 3. The topological polar surface area (TPSA) is 65.7 Å². The second-order valence-electron chi connectivity index (χ2n) is 6.55. The summed E-state index contributed by atoms with van der Waals surface area (Å²) in [4.78, 5) is 17.3. The molecule has 0 N–H and O–H groups in total. The van der Waals surface area contributed by atoms with Crippen LogP contribution in [0.2, 0.25) is 0 Å². The van der Waals surface area contributed by atoms with Crippen LogP contribution in [-0.4, -0.2) is 29.1 Å². The molecule has 0 fully saturated rings. The van der Waals surface area contributed by atoms with Gasteiger partial charge in [-0.1, -0.05) is 22.9 Å². The summed E-state index contributed by atoms with van der Waals surface area (Å²) in [6, 6.07) is 9.10. The van der Waals surface area contributed by atoms with E-state index in [2.05, 4.69) is 48.9 Å². The van der Waals surface area contributed by atoms with Crippen molar-refractivity contribution in [3.63, 3.8) is 0 Å². The van der Waals surface area contributed by atoms with Gasteiger partial charge in [0.15, 0.2) is 11.5 Å². The maximum absolute atomic E-state index is 12.9. The SMILES string of the molecule is CC[C@@H](C)Oc1c(Br)cc(C=Nn2c(C)nc3ccc(Br)cc3c2=O)cc1OC. The van der Waals surface area contributed by atoms with Gasteiger partial charge in [-0.05, 0) is 72.1 Å². The maximum Gasteiger partial charge on any atom is 0.282 e. The molecule has 8 heteroatoms. The quantitative estimate of drug-likeness (QED) is 0.412. The zero-order valence-electron chi connectivity index (χ0n) is 16.6. The Labute approximate surface area is 185 Å². The number of benzene rings is 2. The second-order valence-corrected chi connectivity index (χ2v) is 8.32. The van der Waals surface area contributed by atoms with Crippen LogP contribution in [0.1, 0.15) is 31.7 Å². The van der Waals surface area contributed by atoms with E-state index in [0.29, 0.717) is 28.2 Å². The highest BCUT2D eigenvalue weighted by molar-refractivity contribution is 9.10. The lowest BCUT2D eigenvalue weighted by molar-refractivity contribution is 0.206. The summed E-state index contributed by atoms with van der Waals surface area (Å²) < 4.78 is 14.3. The second kappa shape index (κ2) is 9.09. The fourth-order valence-electron chi connectivity index (χ4n) is 2.73. The molecule has 2 aromatic carbocycles. The van der Waals surface area contributed by atoms with Crippen molar-refractivity contribution >= 4 is 49.0 Å². The van der Waals surface area contributed by atoms with E-state index in [9.17, 15) is 4.79 Å². The first-order valence-electron chi connectivity index (χ1n) is 9.11. The van der Waals surface area contributed by atoms with Crippen LogP contribution in [0, 0.1) is 6.92 Å². The summed E-state index contributed by atoms with van der Waals surface area (Å²) in [6.07, 6.45) is 2.54. The fourth-order valence-corrected chi connectivity index (χ4v) is 3.65. The molecule has 0 amide bonds. The van der Waals surface area contributed by atoms with Gasteiger partial charge < -0.3 is 9.47 Å². The molecule has 0 aliphatic rings. The Balaban J connectivity index is 2.02. The van der Waals surface area contributed by atoms with E-state index in [-0.39, 0.29) is 11.7 Å². The van der Waals surface area contributed by atoms with Crippen LogP contribution >= 0.6 is 31.9 Å². The van der Waals surface area contributed by atoms with Crippen molar-refractivity contribution in [2.75, 3.05) is 7.11 Å². The van der Waals surface area contributed by atoms with Crippen molar-refractivity contribution in [2.45, 2.75) is 33.3 Å². The molecular weight excluding hydrogens is 502 g/mol. The monoisotopic (exact) mass is 521 g/mol. The largest absolute Gasteiger partial charge is 0.493 e. The number of methoxy groups -OCH3 is 1. The number of hydrogen-bond acceptors (Lipinski definition) is 5. The Kier molecular flexibility index (Phi) is 6.74.